The summed E-state index contributed by atoms with van der Waals surface area (Å²) in [6.45, 7) is 1.43. The Hall–Kier alpha value is -2.15. The number of halogens is 1. The third-order valence-electron chi connectivity index (χ3n) is 4.55. The minimum absolute atomic E-state index is 0.0374. The number of amides is 1. The van der Waals surface area contributed by atoms with Gasteiger partial charge in [0, 0.05) is 43.4 Å². The van der Waals surface area contributed by atoms with Gasteiger partial charge in [0.25, 0.3) is 5.88 Å². The van der Waals surface area contributed by atoms with Crippen LogP contribution < -0.4 is 4.74 Å². The highest BCUT2D eigenvalue weighted by molar-refractivity contribution is 8.01. The first-order valence-electron chi connectivity index (χ1n) is 8.22. The number of carbonyl (C=O) groups excluding carboxylic acids is 1. The lowest BCUT2D eigenvalue weighted by Crippen LogP contribution is -2.61. The van der Waals surface area contributed by atoms with Crippen molar-refractivity contribution in [1.29, 1.82) is 0 Å². The van der Waals surface area contributed by atoms with Gasteiger partial charge in [-0.2, -0.15) is 0 Å². The topological polar surface area (TPSA) is 55.3 Å². The molecule has 2 fully saturated rings. The van der Waals surface area contributed by atoms with E-state index >= 15 is 0 Å². The highest BCUT2D eigenvalue weighted by Gasteiger charge is 2.51. The van der Waals surface area contributed by atoms with Crippen molar-refractivity contribution < 1.29 is 13.9 Å². The van der Waals surface area contributed by atoms with E-state index in [1.165, 1.54) is 12.3 Å². The van der Waals surface area contributed by atoms with E-state index in [0.29, 0.717) is 19.5 Å². The molecule has 1 spiro atoms. The Morgan fingerprint density at radius 3 is 2.88 bits per heavy atom. The summed E-state index contributed by atoms with van der Waals surface area (Å²) < 4.78 is 19.4. The number of carbonyl (C=O) groups is 1. The van der Waals surface area contributed by atoms with Crippen LogP contribution in [0.2, 0.25) is 0 Å². The maximum absolute atomic E-state index is 13.7. The number of rotatable bonds is 4. The van der Waals surface area contributed by atoms with Crippen LogP contribution >= 0.6 is 11.8 Å². The molecule has 2 aliphatic rings. The number of ether oxygens (including phenoxy) is 1. The molecule has 2 aromatic heterocycles. The molecule has 4 rings (SSSR count). The van der Waals surface area contributed by atoms with Crippen molar-refractivity contribution in [2.45, 2.75) is 23.7 Å². The van der Waals surface area contributed by atoms with Crippen LogP contribution in [0.15, 0.2) is 42.7 Å². The highest BCUT2D eigenvalue weighted by atomic mass is 32.2. The summed E-state index contributed by atoms with van der Waals surface area (Å²) in [5, 5.41) is 0. The van der Waals surface area contributed by atoms with E-state index in [9.17, 15) is 9.18 Å². The quantitative estimate of drug-likeness (QED) is 0.839. The predicted molar refractivity (Wildman–Crippen MR) is 92.9 cm³/mol. The van der Waals surface area contributed by atoms with Gasteiger partial charge in [-0.25, -0.2) is 9.37 Å². The molecule has 4 heterocycles. The van der Waals surface area contributed by atoms with E-state index < -0.39 is 5.82 Å². The first kappa shape index (κ1) is 16.3. The summed E-state index contributed by atoms with van der Waals surface area (Å²) in [7, 11) is 0. The summed E-state index contributed by atoms with van der Waals surface area (Å²) in [5.41, 5.74) is 0.791. The maximum Gasteiger partial charge on any atom is 0.250 e. The lowest BCUT2D eigenvalue weighted by molar-refractivity contribution is -0.135. The number of likely N-dealkylation sites (tertiary alicyclic amines) is 1. The lowest BCUT2D eigenvalue weighted by atomic mass is 9.92. The van der Waals surface area contributed by atoms with Gasteiger partial charge in [-0.05, 0) is 24.3 Å². The number of hydrogen-bond donors (Lipinski definition) is 0. The Kier molecular flexibility index (Phi) is 4.33. The Labute approximate surface area is 149 Å². The van der Waals surface area contributed by atoms with Crippen molar-refractivity contribution in [3.8, 4) is 5.88 Å². The second-order valence-electron chi connectivity index (χ2n) is 6.48. The molecule has 5 nitrogen and oxygen atoms in total. The van der Waals surface area contributed by atoms with E-state index in [1.807, 2.05) is 34.9 Å². The first-order chi connectivity index (χ1) is 12.1. The van der Waals surface area contributed by atoms with E-state index in [4.69, 9.17) is 4.74 Å². The fourth-order valence-electron chi connectivity index (χ4n) is 3.31. The Morgan fingerprint density at radius 1 is 1.28 bits per heavy atom. The monoisotopic (exact) mass is 359 g/mol. The number of pyridine rings is 2. The number of thioether (sulfide) groups is 1. The van der Waals surface area contributed by atoms with Gasteiger partial charge in [-0.1, -0.05) is 6.07 Å². The van der Waals surface area contributed by atoms with Crippen molar-refractivity contribution in [3.63, 3.8) is 0 Å². The van der Waals surface area contributed by atoms with Gasteiger partial charge in [-0.3, -0.25) is 9.78 Å². The molecule has 0 aromatic carbocycles. The molecule has 1 unspecified atom stereocenters. The molecule has 7 heteroatoms. The number of aromatic nitrogens is 2. The second-order valence-corrected chi connectivity index (χ2v) is 7.96. The summed E-state index contributed by atoms with van der Waals surface area (Å²) >= 11 is 1.81. The SMILES string of the molecule is O=C(Cc1ccccn1)N1CC2(CC(Oc3ncccc3F)CS2)C1. The van der Waals surface area contributed by atoms with Crippen molar-refractivity contribution in [3.05, 3.63) is 54.2 Å². The third kappa shape index (κ3) is 3.46. The number of nitrogens with zero attached hydrogens (tertiary/aromatic N) is 3. The van der Waals surface area contributed by atoms with E-state index in [1.54, 1.807) is 12.3 Å². The van der Waals surface area contributed by atoms with Crippen LogP contribution in [0.1, 0.15) is 12.1 Å². The van der Waals surface area contributed by atoms with E-state index in [2.05, 4.69) is 9.97 Å². The summed E-state index contributed by atoms with van der Waals surface area (Å²) in [6, 6.07) is 8.49. The molecule has 0 N–H and O–H groups in total. The van der Waals surface area contributed by atoms with Gasteiger partial charge >= 0.3 is 0 Å². The molecular formula is C18H18FN3O2S. The Balaban J connectivity index is 1.30. The second kappa shape index (κ2) is 6.63. The van der Waals surface area contributed by atoms with Crippen LogP contribution in [0.25, 0.3) is 0 Å². The van der Waals surface area contributed by atoms with Crippen molar-refractivity contribution in [1.82, 2.24) is 14.9 Å². The molecule has 2 aliphatic heterocycles. The average Bonchev–Trinajstić information content (AvgIpc) is 3.01. The molecule has 1 atom stereocenters. The van der Waals surface area contributed by atoms with Gasteiger partial charge in [0.05, 0.1) is 11.2 Å². The van der Waals surface area contributed by atoms with Gasteiger partial charge in [0.2, 0.25) is 5.91 Å². The van der Waals surface area contributed by atoms with E-state index in [0.717, 1.165) is 17.9 Å². The summed E-state index contributed by atoms with van der Waals surface area (Å²) in [5.74, 6) is 0.519. The van der Waals surface area contributed by atoms with Gasteiger partial charge < -0.3 is 9.64 Å². The largest absolute Gasteiger partial charge is 0.471 e. The molecule has 2 aromatic rings. The zero-order chi connectivity index (χ0) is 17.3. The predicted octanol–water partition coefficient (Wildman–Crippen LogP) is 2.32. The van der Waals surface area contributed by atoms with Crippen LogP contribution in [0, 0.1) is 5.82 Å². The highest BCUT2D eigenvalue weighted by Crippen LogP contribution is 2.46. The van der Waals surface area contributed by atoms with Crippen LogP contribution in [0.5, 0.6) is 5.88 Å². The minimum atomic E-state index is -0.436. The molecule has 1 amide bonds. The van der Waals surface area contributed by atoms with Crippen LogP contribution in [-0.4, -0.2) is 50.5 Å². The van der Waals surface area contributed by atoms with E-state index in [-0.39, 0.29) is 22.6 Å². The zero-order valence-corrected chi connectivity index (χ0v) is 14.4. The fraction of sp³-hybridized carbons (Fsp3) is 0.389. The smallest absolute Gasteiger partial charge is 0.250 e. The lowest BCUT2D eigenvalue weighted by Gasteiger charge is -2.47. The molecule has 0 saturated carbocycles. The maximum atomic E-state index is 13.7. The zero-order valence-electron chi connectivity index (χ0n) is 13.6. The van der Waals surface area contributed by atoms with Crippen molar-refractivity contribution in [2.24, 2.45) is 0 Å². The number of hydrogen-bond acceptors (Lipinski definition) is 5. The van der Waals surface area contributed by atoms with Crippen molar-refractivity contribution >= 4 is 17.7 Å². The standard InChI is InChI=1S/C18H18FN3O2S/c19-15-5-3-7-21-17(15)24-14-9-18(25-10-14)11-22(12-18)16(23)8-13-4-1-2-6-20-13/h1-7,14H,8-12H2. The molecule has 2 saturated heterocycles. The Bertz CT molecular complexity index is 768. The molecule has 0 bridgehead atoms. The van der Waals surface area contributed by atoms with Gasteiger partial charge in [0.1, 0.15) is 6.10 Å². The Morgan fingerprint density at radius 2 is 2.12 bits per heavy atom. The average molecular weight is 359 g/mol. The first-order valence-corrected chi connectivity index (χ1v) is 9.21. The summed E-state index contributed by atoms with van der Waals surface area (Å²) in [4.78, 5) is 22.4. The molecule has 130 valence electrons. The van der Waals surface area contributed by atoms with Crippen molar-refractivity contribution in [2.75, 3.05) is 18.8 Å². The third-order valence-corrected chi connectivity index (χ3v) is 6.12. The van der Waals surface area contributed by atoms with Gasteiger partial charge in [-0.15, -0.1) is 11.8 Å². The normalized spacial score (nSPS) is 21.2. The van der Waals surface area contributed by atoms with Crippen LogP contribution in [0.3, 0.4) is 0 Å². The van der Waals surface area contributed by atoms with Crippen LogP contribution in [-0.2, 0) is 11.2 Å². The molecule has 0 radical (unpaired) electrons. The molecule has 0 aliphatic carbocycles. The van der Waals surface area contributed by atoms with Crippen LogP contribution in [0.4, 0.5) is 4.39 Å². The summed E-state index contributed by atoms with van der Waals surface area (Å²) in [6.07, 6.45) is 4.30. The minimum Gasteiger partial charge on any atom is -0.471 e. The molecular weight excluding hydrogens is 341 g/mol. The fourth-order valence-corrected chi connectivity index (χ4v) is 4.83. The van der Waals surface area contributed by atoms with Gasteiger partial charge in [0.15, 0.2) is 5.82 Å². The molecule has 25 heavy (non-hydrogen) atoms.